The molecular formula is C16H14O2. The molecule has 0 aliphatic carbocycles. The second-order valence-electron chi connectivity index (χ2n) is 4.07. The summed E-state index contributed by atoms with van der Waals surface area (Å²) in [7, 11) is 0. The molecule has 0 atom stereocenters. The lowest BCUT2D eigenvalue weighted by atomic mass is 10.1. The molecule has 2 aromatic rings. The van der Waals surface area contributed by atoms with Crippen molar-refractivity contribution in [1.29, 1.82) is 0 Å². The van der Waals surface area contributed by atoms with Gasteiger partial charge in [0.1, 0.15) is 5.75 Å². The number of hydrogen-bond donors (Lipinski definition) is 1. The summed E-state index contributed by atoms with van der Waals surface area (Å²) in [6.45, 7) is 1.99. The van der Waals surface area contributed by atoms with Crippen LogP contribution in [0.4, 0.5) is 0 Å². The van der Waals surface area contributed by atoms with Gasteiger partial charge in [0, 0.05) is 0 Å². The van der Waals surface area contributed by atoms with Gasteiger partial charge in [-0.1, -0.05) is 42.5 Å². The third kappa shape index (κ3) is 2.66. The first-order chi connectivity index (χ1) is 8.68. The Morgan fingerprint density at radius 3 is 2.44 bits per heavy atom. The van der Waals surface area contributed by atoms with Gasteiger partial charge in [0.05, 0.1) is 5.56 Å². The molecule has 0 aromatic heterocycles. The van der Waals surface area contributed by atoms with E-state index in [9.17, 15) is 9.90 Å². The molecule has 0 aliphatic rings. The maximum absolute atomic E-state index is 11.9. The Labute approximate surface area is 106 Å². The average Bonchev–Trinajstić information content (AvgIpc) is 2.38. The minimum Gasteiger partial charge on any atom is -0.507 e. The van der Waals surface area contributed by atoms with Crippen LogP contribution < -0.4 is 0 Å². The van der Waals surface area contributed by atoms with Crippen molar-refractivity contribution < 1.29 is 9.90 Å². The van der Waals surface area contributed by atoms with E-state index >= 15 is 0 Å². The zero-order valence-corrected chi connectivity index (χ0v) is 10.1. The Hall–Kier alpha value is -2.35. The number of aryl methyl sites for hydroxylation is 1. The van der Waals surface area contributed by atoms with E-state index in [4.69, 9.17) is 0 Å². The van der Waals surface area contributed by atoms with Crippen LogP contribution in [0.15, 0.2) is 54.6 Å². The van der Waals surface area contributed by atoms with Gasteiger partial charge in [-0.25, -0.2) is 0 Å². The molecule has 2 nitrogen and oxygen atoms in total. The van der Waals surface area contributed by atoms with E-state index < -0.39 is 0 Å². The highest BCUT2D eigenvalue weighted by Gasteiger charge is 2.06. The first-order valence-corrected chi connectivity index (χ1v) is 5.74. The summed E-state index contributed by atoms with van der Waals surface area (Å²) in [4.78, 5) is 11.9. The van der Waals surface area contributed by atoms with Crippen molar-refractivity contribution >= 4 is 11.9 Å². The number of phenolic OH excluding ortho intramolecular Hbond substituents is 1. The van der Waals surface area contributed by atoms with Gasteiger partial charge in [0.25, 0.3) is 0 Å². The predicted octanol–water partition coefficient (Wildman–Crippen LogP) is 3.60. The molecule has 1 N–H and O–H groups in total. The van der Waals surface area contributed by atoms with Crippen molar-refractivity contribution in [2.24, 2.45) is 0 Å². The highest BCUT2D eigenvalue weighted by Crippen LogP contribution is 2.17. The Morgan fingerprint density at radius 1 is 1.06 bits per heavy atom. The van der Waals surface area contributed by atoms with Gasteiger partial charge in [0.15, 0.2) is 5.78 Å². The van der Waals surface area contributed by atoms with Gasteiger partial charge in [-0.2, -0.15) is 0 Å². The molecule has 0 bridgehead atoms. The number of aromatic hydroxyl groups is 1. The third-order valence-electron chi connectivity index (χ3n) is 2.77. The van der Waals surface area contributed by atoms with Crippen LogP contribution >= 0.6 is 0 Å². The Bertz CT molecular complexity index is 598. The Kier molecular flexibility index (Phi) is 3.58. The molecule has 0 fully saturated rings. The van der Waals surface area contributed by atoms with Crippen molar-refractivity contribution in [3.05, 3.63) is 71.3 Å². The van der Waals surface area contributed by atoms with Crippen LogP contribution in [0, 0.1) is 6.92 Å². The van der Waals surface area contributed by atoms with E-state index in [1.807, 2.05) is 31.2 Å². The zero-order valence-electron chi connectivity index (χ0n) is 10.1. The first-order valence-electron chi connectivity index (χ1n) is 5.74. The summed E-state index contributed by atoms with van der Waals surface area (Å²) in [5, 5.41) is 9.58. The quantitative estimate of drug-likeness (QED) is 0.655. The normalized spacial score (nSPS) is 10.7. The zero-order chi connectivity index (χ0) is 13.0. The average molecular weight is 238 g/mol. The van der Waals surface area contributed by atoms with Crippen LogP contribution in [0.25, 0.3) is 6.08 Å². The molecule has 0 saturated heterocycles. The van der Waals surface area contributed by atoms with Gasteiger partial charge in [-0.05, 0) is 36.3 Å². The molecule has 90 valence electrons. The number of benzene rings is 2. The maximum atomic E-state index is 11.9. The molecule has 2 heteroatoms. The minimum absolute atomic E-state index is 0.0110. The molecule has 18 heavy (non-hydrogen) atoms. The molecule has 0 heterocycles. The van der Waals surface area contributed by atoms with Gasteiger partial charge in [0.2, 0.25) is 0 Å². The van der Waals surface area contributed by atoms with Gasteiger partial charge < -0.3 is 5.11 Å². The van der Waals surface area contributed by atoms with Crippen molar-refractivity contribution in [1.82, 2.24) is 0 Å². The van der Waals surface area contributed by atoms with Crippen LogP contribution in [0.3, 0.4) is 0 Å². The van der Waals surface area contributed by atoms with Crippen LogP contribution in [0.1, 0.15) is 21.5 Å². The van der Waals surface area contributed by atoms with E-state index in [-0.39, 0.29) is 11.5 Å². The summed E-state index contributed by atoms with van der Waals surface area (Å²) >= 11 is 0. The number of phenols is 1. The minimum atomic E-state index is -0.198. The summed E-state index contributed by atoms with van der Waals surface area (Å²) in [5.41, 5.74) is 2.43. The number of ketones is 1. The van der Waals surface area contributed by atoms with E-state index in [1.165, 1.54) is 12.1 Å². The first kappa shape index (κ1) is 12.1. The van der Waals surface area contributed by atoms with E-state index in [0.29, 0.717) is 5.56 Å². The van der Waals surface area contributed by atoms with Gasteiger partial charge >= 0.3 is 0 Å². The van der Waals surface area contributed by atoms with Crippen molar-refractivity contribution in [3.63, 3.8) is 0 Å². The smallest absolute Gasteiger partial charge is 0.189 e. The van der Waals surface area contributed by atoms with Crippen LogP contribution in [-0.2, 0) is 0 Å². The number of para-hydroxylation sites is 1. The molecule has 0 saturated carbocycles. The fourth-order valence-electron chi connectivity index (χ4n) is 1.71. The number of allylic oxidation sites excluding steroid dienone is 1. The lowest BCUT2D eigenvalue weighted by Gasteiger charge is -2.00. The monoisotopic (exact) mass is 238 g/mol. The topological polar surface area (TPSA) is 37.3 Å². The van der Waals surface area contributed by atoms with Crippen molar-refractivity contribution in [2.45, 2.75) is 6.92 Å². The van der Waals surface area contributed by atoms with Crippen molar-refractivity contribution in [3.8, 4) is 5.75 Å². The Balaban J connectivity index is 2.23. The van der Waals surface area contributed by atoms with Gasteiger partial charge in [-0.3, -0.25) is 4.79 Å². The van der Waals surface area contributed by atoms with E-state index in [1.54, 1.807) is 24.3 Å². The maximum Gasteiger partial charge on any atom is 0.189 e. The van der Waals surface area contributed by atoms with Crippen molar-refractivity contribution in [2.75, 3.05) is 0 Å². The second kappa shape index (κ2) is 5.32. The molecule has 2 aromatic carbocycles. The van der Waals surface area contributed by atoms with Crippen LogP contribution in [0.2, 0.25) is 0 Å². The van der Waals surface area contributed by atoms with Crippen LogP contribution in [0.5, 0.6) is 5.75 Å². The van der Waals surface area contributed by atoms with E-state index in [2.05, 4.69) is 0 Å². The summed E-state index contributed by atoms with van der Waals surface area (Å²) < 4.78 is 0. The molecule has 0 radical (unpaired) electrons. The lowest BCUT2D eigenvalue weighted by molar-refractivity contribution is 0.104. The largest absolute Gasteiger partial charge is 0.507 e. The molecule has 0 amide bonds. The highest BCUT2D eigenvalue weighted by molar-refractivity contribution is 6.08. The molecule has 0 aliphatic heterocycles. The number of carbonyl (C=O) groups excluding carboxylic acids is 1. The third-order valence-corrected chi connectivity index (χ3v) is 2.77. The summed E-state index contributed by atoms with van der Waals surface area (Å²) in [6, 6.07) is 14.4. The summed E-state index contributed by atoms with van der Waals surface area (Å²) in [6.07, 6.45) is 3.25. The molecular weight excluding hydrogens is 224 g/mol. The fraction of sp³-hybridized carbons (Fsp3) is 0.0625. The molecule has 0 unspecified atom stereocenters. The SMILES string of the molecule is Cc1ccccc1/C=C/C(=O)c1ccccc1O. The van der Waals surface area contributed by atoms with E-state index in [0.717, 1.165) is 11.1 Å². The fourth-order valence-corrected chi connectivity index (χ4v) is 1.71. The Morgan fingerprint density at radius 2 is 1.72 bits per heavy atom. The summed E-state index contributed by atoms with van der Waals surface area (Å²) in [5.74, 6) is -0.187. The lowest BCUT2D eigenvalue weighted by Crippen LogP contribution is -1.94. The molecule has 0 spiro atoms. The molecule has 2 rings (SSSR count). The van der Waals surface area contributed by atoms with Gasteiger partial charge in [-0.15, -0.1) is 0 Å². The number of rotatable bonds is 3. The predicted molar refractivity (Wildman–Crippen MR) is 72.7 cm³/mol. The highest BCUT2D eigenvalue weighted by atomic mass is 16.3. The standard InChI is InChI=1S/C16H14O2/c1-12-6-2-3-7-13(12)10-11-16(18)14-8-4-5-9-15(14)17/h2-11,17H,1H3/b11-10+. The second-order valence-corrected chi connectivity index (χ2v) is 4.07. The van der Waals surface area contributed by atoms with Crippen LogP contribution in [-0.4, -0.2) is 10.9 Å². The number of hydrogen-bond acceptors (Lipinski definition) is 2. The number of carbonyl (C=O) groups is 1.